The Kier molecular flexibility index (Phi) is 4.48. The van der Waals surface area contributed by atoms with Crippen molar-refractivity contribution in [2.24, 2.45) is 17.8 Å². The van der Waals surface area contributed by atoms with Crippen LogP contribution in [-0.4, -0.2) is 48.6 Å². The molecule has 0 bridgehead atoms. The summed E-state index contributed by atoms with van der Waals surface area (Å²) in [5, 5.41) is 0. The molecule has 2 nitrogen and oxygen atoms in total. The van der Waals surface area contributed by atoms with Crippen molar-refractivity contribution in [1.29, 1.82) is 0 Å². The molecule has 1 aliphatic carbocycles. The van der Waals surface area contributed by atoms with Crippen LogP contribution in [0.1, 0.15) is 52.4 Å². The zero-order chi connectivity index (χ0) is 13.2. The molecule has 3 rings (SSSR count). The van der Waals surface area contributed by atoms with Crippen molar-refractivity contribution >= 4 is 0 Å². The molecule has 2 heterocycles. The van der Waals surface area contributed by atoms with Gasteiger partial charge in [0.05, 0.1) is 0 Å². The molecule has 2 aliphatic heterocycles. The summed E-state index contributed by atoms with van der Waals surface area (Å²) in [5.74, 6) is 2.96. The highest BCUT2D eigenvalue weighted by Gasteiger charge is 2.35. The van der Waals surface area contributed by atoms with Crippen molar-refractivity contribution < 1.29 is 0 Å². The first-order valence-corrected chi connectivity index (χ1v) is 8.67. The fourth-order valence-electron chi connectivity index (χ4n) is 4.15. The first kappa shape index (κ1) is 13.9. The van der Waals surface area contributed by atoms with Crippen LogP contribution >= 0.6 is 0 Å². The van der Waals surface area contributed by atoms with Gasteiger partial charge in [-0.05, 0) is 82.5 Å². The molecule has 2 saturated heterocycles. The lowest BCUT2D eigenvalue weighted by atomic mass is 9.77. The quantitative estimate of drug-likeness (QED) is 0.772. The smallest absolute Gasteiger partial charge is 0.0101 e. The van der Waals surface area contributed by atoms with E-state index in [1.807, 2.05) is 0 Å². The fourth-order valence-corrected chi connectivity index (χ4v) is 4.15. The minimum atomic E-state index is 0.946. The molecular weight excluding hydrogens is 232 g/mol. The number of piperidine rings is 2. The second-order valence-corrected chi connectivity index (χ2v) is 7.69. The molecule has 0 amide bonds. The third-order valence-electron chi connectivity index (χ3n) is 5.94. The Hall–Kier alpha value is -0.0800. The van der Waals surface area contributed by atoms with Gasteiger partial charge in [0.25, 0.3) is 0 Å². The average molecular weight is 264 g/mol. The normalized spacial score (nSPS) is 36.3. The van der Waals surface area contributed by atoms with Gasteiger partial charge in [-0.2, -0.15) is 0 Å². The van der Waals surface area contributed by atoms with Crippen LogP contribution in [0.15, 0.2) is 0 Å². The number of nitrogens with zero attached hydrogens (tertiary/aromatic N) is 2. The van der Waals surface area contributed by atoms with E-state index in [1.54, 1.807) is 0 Å². The summed E-state index contributed by atoms with van der Waals surface area (Å²) in [4.78, 5) is 5.52. The minimum Gasteiger partial charge on any atom is -0.303 e. The minimum absolute atomic E-state index is 0.946. The lowest BCUT2D eigenvalue weighted by Gasteiger charge is -2.47. The summed E-state index contributed by atoms with van der Waals surface area (Å²) >= 11 is 0. The number of hydrogen-bond donors (Lipinski definition) is 0. The number of likely N-dealkylation sites (tertiary alicyclic amines) is 2. The third kappa shape index (κ3) is 3.52. The first-order chi connectivity index (χ1) is 9.20. The van der Waals surface area contributed by atoms with Gasteiger partial charge in [0.15, 0.2) is 0 Å². The highest BCUT2D eigenvalue weighted by atomic mass is 15.2. The molecule has 110 valence electrons. The Morgan fingerprint density at radius 3 is 1.89 bits per heavy atom. The summed E-state index contributed by atoms with van der Waals surface area (Å²) in [7, 11) is 0. The Labute approximate surface area is 119 Å². The van der Waals surface area contributed by atoms with Crippen molar-refractivity contribution in [2.45, 2.75) is 58.4 Å². The van der Waals surface area contributed by atoms with Gasteiger partial charge in [-0.3, -0.25) is 0 Å². The second-order valence-electron chi connectivity index (χ2n) is 7.69. The molecule has 0 N–H and O–H groups in total. The van der Waals surface area contributed by atoms with Crippen LogP contribution in [0.3, 0.4) is 0 Å². The Bertz CT molecular complexity index is 269. The molecule has 0 radical (unpaired) electrons. The van der Waals surface area contributed by atoms with Gasteiger partial charge in [0.2, 0.25) is 0 Å². The Morgan fingerprint density at radius 2 is 1.32 bits per heavy atom. The van der Waals surface area contributed by atoms with Crippen molar-refractivity contribution in [1.82, 2.24) is 9.80 Å². The van der Waals surface area contributed by atoms with E-state index in [4.69, 9.17) is 0 Å². The zero-order valence-corrected chi connectivity index (χ0v) is 13.0. The fraction of sp³-hybridized carbons (Fsp3) is 1.00. The molecule has 0 aromatic rings. The van der Waals surface area contributed by atoms with Crippen LogP contribution < -0.4 is 0 Å². The predicted molar refractivity (Wildman–Crippen MR) is 81.3 cm³/mol. The zero-order valence-electron chi connectivity index (χ0n) is 13.0. The van der Waals surface area contributed by atoms with E-state index in [2.05, 4.69) is 23.6 Å². The number of rotatable bonds is 3. The van der Waals surface area contributed by atoms with E-state index in [-0.39, 0.29) is 0 Å². The maximum Gasteiger partial charge on any atom is 0.0101 e. The molecule has 3 fully saturated rings. The molecular formula is C17H32N2. The molecule has 0 aromatic carbocycles. The summed E-state index contributed by atoms with van der Waals surface area (Å²) in [5.41, 5.74) is 0. The summed E-state index contributed by atoms with van der Waals surface area (Å²) < 4.78 is 0. The molecule has 0 spiro atoms. The highest BCUT2D eigenvalue weighted by molar-refractivity contribution is 4.90. The van der Waals surface area contributed by atoms with E-state index in [9.17, 15) is 0 Å². The van der Waals surface area contributed by atoms with Crippen LogP contribution in [-0.2, 0) is 0 Å². The summed E-state index contributed by atoms with van der Waals surface area (Å²) in [6, 6.07) is 0.946. The highest BCUT2D eigenvalue weighted by Crippen LogP contribution is 2.35. The van der Waals surface area contributed by atoms with Gasteiger partial charge >= 0.3 is 0 Å². The van der Waals surface area contributed by atoms with Crippen molar-refractivity contribution in [3.63, 3.8) is 0 Å². The molecule has 19 heavy (non-hydrogen) atoms. The van der Waals surface area contributed by atoms with Crippen LogP contribution in [0.4, 0.5) is 0 Å². The van der Waals surface area contributed by atoms with Crippen LogP contribution in [0.5, 0.6) is 0 Å². The molecule has 1 saturated carbocycles. The van der Waals surface area contributed by atoms with E-state index >= 15 is 0 Å². The Balaban J connectivity index is 1.34. The maximum absolute atomic E-state index is 2.79. The summed E-state index contributed by atoms with van der Waals surface area (Å²) in [6.07, 6.45) is 8.71. The van der Waals surface area contributed by atoms with Gasteiger partial charge in [-0.1, -0.05) is 13.8 Å². The summed E-state index contributed by atoms with van der Waals surface area (Å²) in [6.45, 7) is 11.7. The van der Waals surface area contributed by atoms with E-state index in [0.717, 1.165) is 23.8 Å². The van der Waals surface area contributed by atoms with Gasteiger partial charge < -0.3 is 9.80 Å². The topological polar surface area (TPSA) is 6.48 Å². The van der Waals surface area contributed by atoms with Crippen molar-refractivity contribution in [2.75, 3.05) is 32.7 Å². The van der Waals surface area contributed by atoms with Gasteiger partial charge in [0, 0.05) is 12.6 Å². The molecule has 0 aromatic heterocycles. The molecule has 2 heteroatoms. The second kappa shape index (κ2) is 6.13. The monoisotopic (exact) mass is 264 g/mol. The number of hydrogen-bond acceptors (Lipinski definition) is 2. The average Bonchev–Trinajstić information content (AvgIpc) is 2.37. The van der Waals surface area contributed by atoms with E-state index in [1.165, 1.54) is 71.2 Å². The molecule has 0 unspecified atom stereocenters. The van der Waals surface area contributed by atoms with Crippen molar-refractivity contribution in [3.05, 3.63) is 0 Å². The van der Waals surface area contributed by atoms with Gasteiger partial charge in [0.1, 0.15) is 0 Å². The first-order valence-electron chi connectivity index (χ1n) is 8.67. The van der Waals surface area contributed by atoms with E-state index < -0.39 is 0 Å². The Morgan fingerprint density at radius 1 is 0.789 bits per heavy atom. The molecule has 3 aliphatic rings. The lowest BCUT2D eigenvalue weighted by molar-refractivity contribution is 0.0298. The largest absolute Gasteiger partial charge is 0.303 e. The van der Waals surface area contributed by atoms with Crippen molar-refractivity contribution in [3.8, 4) is 0 Å². The van der Waals surface area contributed by atoms with E-state index in [0.29, 0.717) is 0 Å². The maximum atomic E-state index is 2.79. The van der Waals surface area contributed by atoms with Gasteiger partial charge in [-0.25, -0.2) is 0 Å². The van der Waals surface area contributed by atoms with Crippen LogP contribution in [0.25, 0.3) is 0 Å². The molecule has 0 atom stereocenters. The predicted octanol–water partition coefficient (Wildman–Crippen LogP) is 3.23. The third-order valence-corrected chi connectivity index (χ3v) is 5.94. The lowest BCUT2D eigenvalue weighted by Crippen LogP contribution is -2.51. The van der Waals surface area contributed by atoms with Crippen LogP contribution in [0.2, 0.25) is 0 Å². The standard InChI is InChI=1S/C17H32N2/c1-14-3-7-18(8-4-14)13-16-11-17(12-16)19-9-5-15(2)6-10-19/h14-17H,3-13H2,1-2H3. The SMILES string of the molecule is CC1CCN(CC2CC(N3CCC(C)CC3)C2)CC1. The van der Waals surface area contributed by atoms with Crippen LogP contribution in [0, 0.1) is 17.8 Å². The van der Waals surface area contributed by atoms with Gasteiger partial charge in [-0.15, -0.1) is 0 Å².